The molecule has 0 saturated carbocycles. The molecule has 0 aliphatic rings. The first-order valence-electron chi connectivity index (χ1n) is 10.8. The van der Waals surface area contributed by atoms with Crippen LogP contribution in [0.3, 0.4) is 0 Å². The van der Waals surface area contributed by atoms with E-state index in [4.69, 9.17) is 9.72 Å². The third-order valence-corrected chi connectivity index (χ3v) is 5.76. The summed E-state index contributed by atoms with van der Waals surface area (Å²) in [6.45, 7) is 8.96. The highest BCUT2D eigenvalue weighted by molar-refractivity contribution is 5.79. The van der Waals surface area contributed by atoms with Gasteiger partial charge in [0.05, 0.1) is 22.6 Å². The van der Waals surface area contributed by atoms with Gasteiger partial charge in [-0.05, 0) is 62.6 Å². The van der Waals surface area contributed by atoms with Gasteiger partial charge in [0.25, 0.3) is 5.56 Å². The van der Waals surface area contributed by atoms with Crippen molar-refractivity contribution in [3.8, 4) is 5.69 Å². The van der Waals surface area contributed by atoms with Crippen molar-refractivity contribution in [1.82, 2.24) is 14.5 Å². The Morgan fingerprint density at radius 1 is 1.16 bits per heavy atom. The van der Waals surface area contributed by atoms with Gasteiger partial charge in [0.1, 0.15) is 5.82 Å². The molecule has 2 aromatic carbocycles. The quantitative estimate of drug-likeness (QED) is 0.508. The second-order valence-corrected chi connectivity index (χ2v) is 7.86. The number of fused-ring (bicyclic) bond motifs is 1. The van der Waals surface area contributed by atoms with Crippen LogP contribution in [0, 0.1) is 13.8 Å². The number of benzene rings is 2. The first-order chi connectivity index (χ1) is 14.9. The van der Waals surface area contributed by atoms with Gasteiger partial charge < -0.3 is 9.64 Å². The zero-order chi connectivity index (χ0) is 22.5. The molecule has 1 heterocycles. The Labute approximate surface area is 183 Å². The average molecular weight is 422 g/mol. The maximum atomic E-state index is 13.6. The lowest BCUT2D eigenvalue weighted by atomic mass is 10.1. The van der Waals surface area contributed by atoms with Crippen LogP contribution in [0.4, 0.5) is 0 Å². The molecule has 0 saturated heterocycles. The molecule has 164 valence electrons. The van der Waals surface area contributed by atoms with Gasteiger partial charge >= 0.3 is 0 Å². The number of ether oxygens (including phenoxy) is 1. The second-order valence-electron chi connectivity index (χ2n) is 7.86. The lowest BCUT2D eigenvalue weighted by Crippen LogP contribution is -2.38. The van der Waals surface area contributed by atoms with Crippen molar-refractivity contribution in [2.45, 2.75) is 46.6 Å². The molecule has 1 aromatic heterocycles. The highest BCUT2D eigenvalue weighted by atomic mass is 16.5. The fourth-order valence-corrected chi connectivity index (χ4v) is 3.80. The average Bonchev–Trinajstić information content (AvgIpc) is 2.78. The molecule has 6 nitrogen and oxygen atoms in total. The molecule has 0 aliphatic carbocycles. The monoisotopic (exact) mass is 421 g/mol. The van der Waals surface area contributed by atoms with E-state index in [1.54, 1.807) is 22.6 Å². The van der Waals surface area contributed by atoms with Crippen molar-refractivity contribution < 1.29 is 9.53 Å². The Morgan fingerprint density at radius 3 is 2.58 bits per heavy atom. The number of hydrogen-bond donors (Lipinski definition) is 0. The van der Waals surface area contributed by atoms with Crippen LogP contribution in [0.2, 0.25) is 0 Å². The van der Waals surface area contributed by atoms with Gasteiger partial charge in [-0.25, -0.2) is 4.98 Å². The predicted octanol–water partition coefficient (Wildman–Crippen LogP) is 4.34. The summed E-state index contributed by atoms with van der Waals surface area (Å²) in [5.74, 6) is 0.587. The number of carbonyl (C=O) groups is 1. The molecule has 0 aliphatic heterocycles. The minimum atomic E-state index is -0.372. The standard InChI is InChI=1S/C25H31N3O3/c1-6-23(29)27(14-9-15-31-5)19(4)24-26-22-11-8-7-10-21(22)25(30)28(24)20-13-12-17(2)18(3)16-20/h7-8,10-13,16,19H,6,9,14-15H2,1-5H3. The van der Waals surface area contributed by atoms with E-state index >= 15 is 0 Å². The molecule has 3 aromatic rings. The number of nitrogens with zero attached hydrogens (tertiary/aromatic N) is 3. The molecule has 1 unspecified atom stereocenters. The lowest BCUT2D eigenvalue weighted by Gasteiger charge is -2.30. The number of para-hydroxylation sites is 1. The lowest BCUT2D eigenvalue weighted by molar-refractivity contribution is -0.133. The Bertz CT molecular complexity index is 1140. The van der Waals surface area contributed by atoms with Crippen LogP contribution in [0.1, 0.15) is 49.7 Å². The third-order valence-electron chi connectivity index (χ3n) is 5.76. The Kier molecular flexibility index (Phi) is 7.23. The molecule has 0 radical (unpaired) electrons. The third kappa shape index (κ3) is 4.69. The van der Waals surface area contributed by atoms with Crippen LogP contribution in [0.25, 0.3) is 16.6 Å². The number of amides is 1. The summed E-state index contributed by atoms with van der Waals surface area (Å²) in [5, 5.41) is 0.560. The Morgan fingerprint density at radius 2 is 1.90 bits per heavy atom. The second kappa shape index (κ2) is 9.88. The van der Waals surface area contributed by atoms with E-state index < -0.39 is 0 Å². The molecule has 0 fully saturated rings. The highest BCUT2D eigenvalue weighted by Crippen LogP contribution is 2.24. The van der Waals surface area contributed by atoms with Gasteiger partial charge in [0.15, 0.2) is 0 Å². The van der Waals surface area contributed by atoms with E-state index in [9.17, 15) is 9.59 Å². The van der Waals surface area contributed by atoms with Crippen molar-refractivity contribution in [1.29, 1.82) is 0 Å². The predicted molar refractivity (Wildman–Crippen MR) is 124 cm³/mol. The largest absolute Gasteiger partial charge is 0.385 e. The van der Waals surface area contributed by atoms with Gasteiger partial charge in [0, 0.05) is 26.7 Å². The molecule has 0 spiro atoms. The summed E-state index contributed by atoms with van der Waals surface area (Å²) < 4.78 is 6.83. The number of carbonyl (C=O) groups excluding carboxylic acids is 1. The number of hydrogen-bond acceptors (Lipinski definition) is 4. The van der Waals surface area contributed by atoms with Crippen LogP contribution in [0.15, 0.2) is 47.3 Å². The van der Waals surface area contributed by atoms with Gasteiger partial charge in [0.2, 0.25) is 5.91 Å². The molecule has 3 rings (SSSR count). The van der Waals surface area contributed by atoms with E-state index in [-0.39, 0.29) is 17.5 Å². The van der Waals surface area contributed by atoms with Gasteiger partial charge in [-0.15, -0.1) is 0 Å². The Hall–Kier alpha value is -2.99. The normalized spacial score (nSPS) is 12.2. The van der Waals surface area contributed by atoms with Gasteiger partial charge in [-0.1, -0.05) is 25.1 Å². The van der Waals surface area contributed by atoms with Crippen molar-refractivity contribution in [3.63, 3.8) is 0 Å². The molecule has 0 bridgehead atoms. The van der Waals surface area contributed by atoms with Crippen LogP contribution >= 0.6 is 0 Å². The zero-order valence-corrected chi connectivity index (χ0v) is 19.0. The summed E-state index contributed by atoms with van der Waals surface area (Å²) in [6.07, 6.45) is 1.10. The van der Waals surface area contributed by atoms with Crippen molar-refractivity contribution in [2.75, 3.05) is 20.3 Å². The van der Waals surface area contributed by atoms with Gasteiger partial charge in [-0.3, -0.25) is 14.2 Å². The fourth-order valence-electron chi connectivity index (χ4n) is 3.80. The fraction of sp³-hybridized carbons (Fsp3) is 0.400. The molecular formula is C25H31N3O3. The maximum Gasteiger partial charge on any atom is 0.266 e. The first kappa shape index (κ1) is 22.7. The summed E-state index contributed by atoms with van der Waals surface area (Å²) in [4.78, 5) is 33.0. The summed E-state index contributed by atoms with van der Waals surface area (Å²) in [5.41, 5.74) is 3.51. The summed E-state index contributed by atoms with van der Waals surface area (Å²) >= 11 is 0. The van der Waals surface area contributed by atoms with Crippen LogP contribution in [0.5, 0.6) is 0 Å². The maximum absolute atomic E-state index is 13.6. The molecular weight excluding hydrogens is 390 g/mol. The number of aromatic nitrogens is 2. The van der Waals surface area contributed by atoms with E-state index in [1.165, 1.54) is 0 Å². The van der Waals surface area contributed by atoms with E-state index in [0.29, 0.717) is 42.7 Å². The molecule has 31 heavy (non-hydrogen) atoms. The first-order valence-corrected chi connectivity index (χ1v) is 10.8. The minimum Gasteiger partial charge on any atom is -0.385 e. The highest BCUT2D eigenvalue weighted by Gasteiger charge is 2.26. The van der Waals surface area contributed by atoms with Crippen LogP contribution in [-0.2, 0) is 9.53 Å². The SMILES string of the molecule is CCC(=O)N(CCCOC)C(C)c1nc2ccccc2c(=O)n1-c1ccc(C)c(C)c1. The van der Waals surface area contributed by atoms with Crippen molar-refractivity contribution >= 4 is 16.8 Å². The minimum absolute atomic E-state index is 0.0256. The number of rotatable bonds is 8. The van der Waals surface area contributed by atoms with E-state index in [0.717, 1.165) is 16.8 Å². The smallest absolute Gasteiger partial charge is 0.266 e. The van der Waals surface area contributed by atoms with Crippen LogP contribution in [-0.4, -0.2) is 40.6 Å². The number of aryl methyl sites for hydroxylation is 2. The van der Waals surface area contributed by atoms with E-state index in [1.807, 2.05) is 64.1 Å². The zero-order valence-electron chi connectivity index (χ0n) is 19.0. The molecule has 6 heteroatoms. The van der Waals surface area contributed by atoms with Crippen LogP contribution < -0.4 is 5.56 Å². The topological polar surface area (TPSA) is 64.4 Å². The summed E-state index contributed by atoms with van der Waals surface area (Å²) in [7, 11) is 1.65. The molecule has 1 atom stereocenters. The van der Waals surface area contributed by atoms with Gasteiger partial charge in [-0.2, -0.15) is 0 Å². The van der Waals surface area contributed by atoms with Crippen molar-refractivity contribution in [3.05, 3.63) is 69.8 Å². The Balaban J connectivity index is 2.22. The molecule has 1 amide bonds. The van der Waals surface area contributed by atoms with Crippen molar-refractivity contribution in [2.24, 2.45) is 0 Å². The summed E-state index contributed by atoms with van der Waals surface area (Å²) in [6, 6.07) is 12.9. The van der Waals surface area contributed by atoms with E-state index in [2.05, 4.69) is 0 Å². The molecule has 0 N–H and O–H groups in total. The number of methoxy groups -OCH3 is 1.